The molecular weight excluding hydrogens is 274 g/mol. The molecular formula is C19H33NS. The van der Waals surface area contributed by atoms with Crippen molar-refractivity contribution in [2.75, 3.05) is 18.1 Å². The van der Waals surface area contributed by atoms with E-state index in [-0.39, 0.29) is 0 Å². The van der Waals surface area contributed by atoms with Gasteiger partial charge in [0, 0.05) is 11.8 Å². The lowest BCUT2D eigenvalue weighted by atomic mass is 10.0. The zero-order valence-electron chi connectivity index (χ0n) is 14.3. The molecule has 0 aliphatic carbocycles. The van der Waals surface area contributed by atoms with Crippen molar-refractivity contribution in [1.29, 1.82) is 0 Å². The maximum absolute atomic E-state index is 3.70. The second kappa shape index (κ2) is 11.1. The van der Waals surface area contributed by atoms with Crippen LogP contribution in [0.25, 0.3) is 0 Å². The third-order valence-corrected chi connectivity index (χ3v) is 4.78. The van der Waals surface area contributed by atoms with Gasteiger partial charge in [-0.15, -0.1) is 0 Å². The summed E-state index contributed by atoms with van der Waals surface area (Å²) in [6.07, 6.45) is 4.93. The Balaban J connectivity index is 2.54. The van der Waals surface area contributed by atoms with Crippen LogP contribution in [-0.2, 0) is 6.42 Å². The minimum absolute atomic E-state index is 0.498. The predicted octanol–water partition coefficient (Wildman–Crippen LogP) is 5.46. The first-order valence-corrected chi connectivity index (χ1v) is 9.72. The molecule has 1 nitrogen and oxygen atoms in total. The van der Waals surface area contributed by atoms with E-state index in [9.17, 15) is 0 Å². The fourth-order valence-electron chi connectivity index (χ4n) is 2.32. The van der Waals surface area contributed by atoms with Gasteiger partial charge in [0.1, 0.15) is 0 Å². The first-order valence-electron chi connectivity index (χ1n) is 8.57. The third kappa shape index (κ3) is 7.92. The molecule has 1 N–H and O–H groups in total. The minimum atomic E-state index is 0.498. The van der Waals surface area contributed by atoms with Gasteiger partial charge < -0.3 is 5.32 Å². The van der Waals surface area contributed by atoms with Crippen molar-refractivity contribution in [3.8, 4) is 0 Å². The van der Waals surface area contributed by atoms with Crippen molar-refractivity contribution >= 4 is 11.8 Å². The molecule has 0 saturated carbocycles. The number of aryl methyl sites for hydroxylation is 1. The van der Waals surface area contributed by atoms with Gasteiger partial charge in [0.05, 0.1) is 0 Å². The molecule has 0 aromatic heterocycles. The van der Waals surface area contributed by atoms with E-state index in [0.717, 1.165) is 12.5 Å². The first-order chi connectivity index (χ1) is 10.2. The Morgan fingerprint density at radius 3 is 2.33 bits per heavy atom. The Bertz CT molecular complexity index is 358. The topological polar surface area (TPSA) is 12.0 Å². The Kier molecular flexibility index (Phi) is 9.86. The summed E-state index contributed by atoms with van der Waals surface area (Å²) in [6.45, 7) is 10.2. The van der Waals surface area contributed by atoms with Gasteiger partial charge in [0.2, 0.25) is 0 Å². The highest BCUT2D eigenvalue weighted by atomic mass is 32.2. The van der Waals surface area contributed by atoms with E-state index in [2.05, 4.69) is 69.0 Å². The average molecular weight is 308 g/mol. The molecule has 0 aliphatic rings. The summed E-state index contributed by atoms with van der Waals surface area (Å²) in [7, 11) is 0. The average Bonchev–Trinajstić information content (AvgIpc) is 2.48. The minimum Gasteiger partial charge on any atom is -0.309 e. The molecule has 21 heavy (non-hydrogen) atoms. The standard InChI is InChI=1S/C19H33NS/c1-5-7-17-8-10-18(11-9-17)19(20-13-6-2)15-21-14-12-16(3)4/h8-11,16,19-20H,5-7,12-15H2,1-4H3. The van der Waals surface area contributed by atoms with E-state index in [1.807, 2.05) is 0 Å². The van der Waals surface area contributed by atoms with Crippen LogP contribution in [0, 0.1) is 5.92 Å². The molecule has 0 amide bonds. The molecule has 1 rings (SSSR count). The van der Waals surface area contributed by atoms with Gasteiger partial charge in [0.15, 0.2) is 0 Å². The molecule has 0 heterocycles. The maximum atomic E-state index is 3.70. The van der Waals surface area contributed by atoms with Crippen LogP contribution in [0.4, 0.5) is 0 Å². The monoisotopic (exact) mass is 307 g/mol. The highest BCUT2D eigenvalue weighted by Crippen LogP contribution is 2.21. The van der Waals surface area contributed by atoms with Crippen molar-refractivity contribution in [2.45, 2.75) is 59.4 Å². The summed E-state index contributed by atoms with van der Waals surface area (Å²) in [5.74, 6) is 3.27. The molecule has 120 valence electrons. The number of nitrogens with one attached hydrogen (secondary N) is 1. The molecule has 1 aromatic rings. The number of rotatable bonds is 11. The molecule has 0 bridgehead atoms. The maximum Gasteiger partial charge on any atom is 0.0411 e. The van der Waals surface area contributed by atoms with Gasteiger partial charge in [0.25, 0.3) is 0 Å². The lowest BCUT2D eigenvalue weighted by Crippen LogP contribution is -2.24. The SMILES string of the molecule is CCCNC(CSCCC(C)C)c1ccc(CCC)cc1. The quantitative estimate of drug-likeness (QED) is 0.545. The summed E-state index contributed by atoms with van der Waals surface area (Å²) in [5, 5.41) is 3.70. The van der Waals surface area contributed by atoms with Crippen LogP contribution in [0.15, 0.2) is 24.3 Å². The van der Waals surface area contributed by atoms with Gasteiger partial charge in [-0.3, -0.25) is 0 Å². The van der Waals surface area contributed by atoms with Crippen LogP contribution in [0.5, 0.6) is 0 Å². The fourth-order valence-corrected chi connectivity index (χ4v) is 3.67. The largest absolute Gasteiger partial charge is 0.309 e. The van der Waals surface area contributed by atoms with E-state index >= 15 is 0 Å². The van der Waals surface area contributed by atoms with Gasteiger partial charge in [-0.25, -0.2) is 0 Å². The highest BCUT2D eigenvalue weighted by molar-refractivity contribution is 7.99. The van der Waals surface area contributed by atoms with Crippen molar-refractivity contribution in [1.82, 2.24) is 5.32 Å². The molecule has 0 saturated heterocycles. The third-order valence-electron chi connectivity index (χ3n) is 3.69. The zero-order valence-corrected chi connectivity index (χ0v) is 15.1. The van der Waals surface area contributed by atoms with Crippen LogP contribution in [-0.4, -0.2) is 18.1 Å². The Labute approximate surface area is 136 Å². The Morgan fingerprint density at radius 1 is 1.05 bits per heavy atom. The van der Waals surface area contributed by atoms with Crippen LogP contribution >= 0.6 is 11.8 Å². The predicted molar refractivity (Wildman–Crippen MR) is 98.3 cm³/mol. The lowest BCUT2D eigenvalue weighted by Gasteiger charge is -2.19. The van der Waals surface area contributed by atoms with Crippen molar-refractivity contribution in [3.63, 3.8) is 0 Å². The van der Waals surface area contributed by atoms with E-state index < -0.39 is 0 Å². The van der Waals surface area contributed by atoms with E-state index in [0.29, 0.717) is 6.04 Å². The highest BCUT2D eigenvalue weighted by Gasteiger charge is 2.10. The summed E-state index contributed by atoms with van der Waals surface area (Å²) < 4.78 is 0. The second-order valence-electron chi connectivity index (χ2n) is 6.26. The molecule has 0 fully saturated rings. The van der Waals surface area contributed by atoms with Gasteiger partial charge >= 0.3 is 0 Å². The molecule has 0 radical (unpaired) electrons. The van der Waals surface area contributed by atoms with Gasteiger partial charge in [-0.1, -0.05) is 58.4 Å². The molecule has 1 aromatic carbocycles. The van der Waals surface area contributed by atoms with E-state index in [1.165, 1.54) is 48.3 Å². The second-order valence-corrected chi connectivity index (χ2v) is 7.41. The smallest absolute Gasteiger partial charge is 0.0411 e. The first kappa shape index (κ1) is 18.6. The number of benzene rings is 1. The van der Waals surface area contributed by atoms with Gasteiger partial charge in [-0.2, -0.15) is 11.8 Å². The van der Waals surface area contributed by atoms with Crippen molar-refractivity contribution < 1.29 is 0 Å². The lowest BCUT2D eigenvalue weighted by molar-refractivity contribution is 0.576. The number of hydrogen-bond acceptors (Lipinski definition) is 2. The molecule has 0 spiro atoms. The van der Waals surface area contributed by atoms with E-state index in [4.69, 9.17) is 0 Å². The summed E-state index contributed by atoms with van der Waals surface area (Å²) in [4.78, 5) is 0. The molecule has 1 atom stereocenters. The number of thioether (sulfide) groups is 1. The van der Waals surface area contributed by atoms with Crippen LogP contribution < -0.4 is 5.32 Å². The van der Waals surface area contributed by atoms with Gasteiger partial charge in [-0.05, 0) is 48.6 Å². The summed E-state index contributed by atoms with van der Waals surface area (Å²) in [6, 6.07) is 9.75. The van der Waals surface area contributed by atoms with Crippen molar-refractivity contribution in [2.24, 2.45) is 5.92 Å². The summed E-state index contributed by atoms with van der Waals surface area (Å²) >= 11 is 2.09. The normalized spacial score (nSPS) is 12.8. The Hall–Kier alpha value is -0.470. The summed E-state index contributed by atoms with van der Waals surface area (Å²) in [5.41, 5.74) is 2.91. The van der Waals surface area contributed by atoms with Crippen LogP contribution in [0.2, 0.25) is 0 Å². The van der Waals surface area contributed by atoms with Crippen molar-refractivity contribution in [3.05, 3.63) is 35.4 Å². The van der Waals surface area contributed by atoms with Crippen LogP contribution in [0.1, 0.15) is 64.1 Å². The zero-order chi connectivity index (χ0) is 15.5. The fraction of sp³-hybridized carbons (Fsp3) is 0.684. The number of hydrogen-bond donors (Lipinski definition) is 1. The van der Waals surface area contributed by atoms with E-state index in [1.54, 1.807) is 0 Å². The Morgan fingerprint density at radius 2 is 1.76 bits per heavy atom. The molecule has 2 heteroatoms. The molecule has 1 unspecified atom stereocenters. The molecule has 0 aliphatic heterocycles. The van der Waals surface area contributed by atoms with Crippen LogP contribution in [0.3, 0.4) is 0 Å².